The lowest BCUT2D eigenvalue weighted by molar-refractivity contribution is -0.135. The van der Waals surface area contributed by atoms with E-state index < -0.39 is 0 Å². The van der Waals surface area contributed by atoms with Crippen LogP contribution in [0.1, 0.15) is 148 Å². The molecule has 0 bridgehead atoms. The Morgan fingerprint density at radius 3 is 1.91 bits per heavy atom. The van der Waals surface area contributed by atoms with E-state index in [0.29, 0.717) is 17.8 Å². The molecule has 0 aromatic heterocycles. The Labute approximate surface area is 211 Å². The van der Waals surface area contributed by atoms with Crippen molar-refractivity contribution in [3.63, 3.8) is 0 Å². The maximum absolute atomic E-state index is 12.8. The molecule has 1 amide bonds. The van der Waals surface area contributed by atoms with Crippen LogP contribution in [0, 0.1) is 0 Å². The highest BCUT2D eigenvalue weighted by Crippen LogP contribution is 2.22. The topological polar surface area (TPSA) is 29.5 Å². The van der Waals surface area contributed by atoms with Crippen molar-refractivity contribution in [3.8, 4) is 0 Å². The van der Waals surface area contributed by atoms with Crippen LogP contribution >= 0.6 is 11.6 Å². The number of unbranched alkanes of at least 4 members (excludes halogenated alkanes) is 15. The highest BCUT2D eigenvalue weighted by Gasteiger charge is 2.25. The smallest absolute Gasteiger partial charge is 0.222 e. The van der Waals surface area contributed by atoms with Crippen molar-refractivity contribution in [1.82, 2.24) is 4.90 Å². The molecule has 0 aromatic rings. The Balaban J connectivity index is 1.95. The predicted molar refractivity (Wildman–Crippen MR) is 144 cm³/mol. The van der Waals surface area contributed by atoms with E-state index in [1.165, 1.54) is 96.3 Å². The molecule has 3 nitrogen and oxygen atoms in total. The third-order valence-electron chi connectivity index (χ3n) is 7.21. The van der Waals surface area contributed by atoms with Crippen molar-refractivity contribution in [1.29, 1.82) is 0 Å². The first-order valence-electron chi connectivity index (χ1n) is 14.7. The molecule has 1 aliphatic rings. The molecule has 1 fully saturated rings. The van der Waals surface area contributed by atoms with Gasteiger partial charge in [-0.05, 0) is 44.9 Å². The molecular formula is C29H56ClNO2. The summed E-state index contributed by atoms with van der Waals surface area (Å²) in [4.78, 5) is 15.0. The van der Waals surface area contributed by atoms with Crippen molar-refractivity contribution in [2.24, 2.45) is 0 Å². The van der Waals surface area contributed by atoms with Gasteiger partial charge in [0.15, 0.2) is 0 Å². The number of carbonyl (C=O) groups is 1. The first-order chi connectivity index (χ1) is 16.3. The zero-order valence-corrected chi connectivity index (χ0v) is 22.9. The van der Waals surface area contributed by atoms with Crippen LogP contribution in [0.4, 0.5) is 0 Å². The minimum absolute atomic E-state index is 0.386. The summed E-state index contributed by atoms with van der Waals surface area (Å²) in [7, 11) is 0. The van der Waals surface area contributed by atoms with E-state index in [4.69, 9.17) is 16.3 Å². The second-order valence-electron chi connectivity index (χ2n) is 10.2. The summed E-state index contributed by atoms with van der Waals surface area (Å²) in [6, 6.07) is 0.399. The number of alkyl halides is 1. The predicted octanol–water partition coefficient (Wildman–Crippen LogP) is 9.05. The summed E-state index contributed by atoms with van der Waals surface area (Å²) in [6.45, 7) is 4.81. The molecule has 1 unspecified atom stereocenters. The lowest BCUT2D eigenvalue weighted by atomic mass is 9.98. The van der Waals surface area contributed by atoms with E-state index in [9.17, 15) is 4.79 Å². The normalized spacial score (nSPS) is 16.4. The number of halogens is 1. The summed E-state index contributed by atoms with van der Waals surface area (Å²) in [5.41, 5.74) is 0. The second-order valence-corrected chi connectivity index (χ2v) is 10.6. The summed E-state index contributed by atoms with van der Waals surface area (Å²) >= 11 is 5.71. The number of nitrogens with zero attached hydrogens (tertiary/aromatic N) is 1. The highest BCUT2D eigenvalue weighted by atomic mass is 35.5. The van der Waals surface area contributed by atoms with Gasteiger partial charge in [-0.15, -0.1) is 11.6 Å². The van der Waals surface area contributed by atoms with Crippen molar-refractivity contribution >= 4 is 17.5 Å². The highest BCUT2D eigenvalue weighted by molar-refractivity contribution is 6.17. The second kappa shape index (κ2) is 23.5. The van der Waals surface area contributed by atoms with Gasteiger partial charge in [0.2, 0.25) is 5.91 Å². The molecule has 1 rings (SSSR count). The SMILES string of the molecule is CCCCCCCCCCCCCCCCCC(=O)N1CCCCC1CCOCCCCCl. The largest absolute Gasteiger partial charge is 0.381 e. The van der Waals surface area contributed by atoms with Crippen molar-refractivity contribution in [3.05, 3.63) is 0 Å². The van der Waals surface area contributed by atoms with Crippen LogP contribution in [0.3, 0.4) is 0 Å². The zero-order valence-electron chi connectivity index (χ0n) is 22.1. The van der Waals surface area contributed by atoms with E-state index in [2.05, 4.69) is 11.8 Å². The molecule has 0 N–H and O–H groups in total. The molecule has 196 valence electrons. The summed E-state index contributed by atoms with van der Waals surface area (Å²) in [5.74, 6) is 1.10. The summed E-state index contributed by atoms with van der Waals surface area (Å²) < 4.78 is 5.76. The van der Waals surface area contributed by atoms with Gasteiger partial charge in [0.1, 0.15) is 0 Å². The van der Waals surface area contributed by atoms with Crippen LogP contribution in [-0.2, 0) is 9.53 Å². The van der Waals surface area contributed by atoms with Gasteiger partial charge in [0.05, 0.1) is 0 Å². The molecule has 4 heteroatoms. The Morgan fingerprint density at radius 1 is 0.758 bits per heavy atom. The average Bonchev–Trinajstić information content (AvgIpc) is 2.84. The van der Waals surface area contributed by atoms with Gasteiger partial charge >= 0.3 is 0 Å². The third-order valence-corrected chi connectivity index (χ3v) is 7.48. The third kappa shape index (κ3) is 17.8. The molecule has 0 radical (unpaired) electrons. The fourth-order valence-electron chi connectivity index (χ4n) is 5.04. The molecule has 1 aliphatic heterocycles. The number of likely N-dealkylation sites (tertiary alicyclic amines) is 1. The van der Waals surface area contributed by atoms with Crippen molar-refractivity contribution < 1.29 is 9.53 Å². The molecule has 0 spiro atoms. The Kier molecular flexibility index (Phi) is 21.9. The van der Waals surface area contributed by atoms with E-state index in [1.807, 2.05) is 0 Å². The van der Waals surface area contributed by atoms with Gasteiger partial charge in [0, 0.05) is 38.1 Å². The maximum Gasteiger partial charge on any atom is 0.222 e. The van der Waals surface area contributed by atoms with Crippen LogP contribution < -0.4 is 0 Å². The van der Waals surface area contributed by atoms with Gasteiger partial charge in [-0.25, -0.2) is 0 Å². The average molecular weight is 486 g/mol. The lowest BCUT2D eigenvalue weighted by Crippen LogP contribution is -2.44. The van der Waals surface area contributed by atoms with Crippen molar-refractivity contribution in [2.45, 2.75) is 154 Å². The molecular weight excluding hydrogens is 430 g/mol. The number of piperidine rings is 1. The fraction of sp³-hybridized carbons (Fsp3) is 0.966. The quantitative estimate of drug-likeness (QED) is 0.107. The van der Waals surface area contributed by atoms with Crippen LogP contribution in [-0.4, -0.2) is 42.5 Å². The maximum atomic E-state index is 12.8. The number of hydrogen-bond donors (Lipinski definition) is 0. The summed E-state index contributed by atoms with van der Waals surface area (Å²) in [5, 5.41) is 0. The first kappa shape index (κ1) is 30.8. The van der Waals surface area contributed by atoms with Crippen LogP contribution in [0.5, 0.6) is 0 Å². The van der Waals surface area contributed by atoms with Gasteiger partial charge in [0.25, 0.3) is 0 Å². The van der Waals surface area contributed by atoms with Crippen LogP contribution in [0.2, 0.25) is 0 Å². The number of hydrogen-bond acceptors (Lipinski definition) is 2. The minimum atomic E-state index is 0.386. The molecule has 0 saturated carbocycles. The van der Waals surface area contributed by atoms with Crippen LogP contribution in [0.25, 0.3) is 0 Å². The van der Waals surface area contributed by atoms with Gasteiger partial charge < -0.3 is 9.64 Å². The van der Waals surface area contributed by atoms with Gasteiger partial charge in [-0.3, -0.25) is 4.79 Å². The molecule has 0 aliphatic carbocycles. The van der Waals surface area contributed by atoms with E-state index in [1.54, 1.807) is 0 Å². The number of carbonyl (C=O) groups excluding carboxylic acids is 1. The standard InChI is InChI=1S/C29H56ClNO2/c1-2-3-4-5-6-7-8-9-10-11-12-13-14-15-16-22-29(32)31-25-19-17-21-28(31)23-27-33-26-20-18-24-30/h28H,2-27H2,1H3. The molecule has 1 heterocycles. The fourth-order valence-corrected chi connectivity index (χ4v) is 5.23. The minimum Gasteiger partial charge on any atom is -0.381 e. The Hall–Kier alpha value is -0.280. The first-order valence-corrected chi connectivity index (χ1v) is 15.3. The lowest BCUT2D eigenvalue weighted by Gasteiger charge is -2.36. The molecule has 0 aromatic carbocycles. The van der Waals surface area contributed by atoms with E-state index in [0.717, 1.165) is 64.7 Å². The number of rotatable bonds is 23. The van der Waals surface area contributed by atoms with Crippen LogP contribution in [0.15, 0.2) is 0 Å². The van der Waals surface area contributed by atoms with Gasteiger partial charge in [-0.2, -0.15) is 0 Å². The van der Waals surface area contributed by atoms with E-state index in [-0.39, 0.29) is 0 Å². The number of ether oxygens (including phenoxy) is 1. The summed E-state index contributed by atoms with van der Waals surface area (Å²) in [6.07, 6.45) is 27.9. The van der Waals surface area contributed by atoms with Gasteiger partial charge in [-0.1, -0.05) is 96.8 Å². The Bertz CT molecular complexity index is 432. The number of amides is 1. The molecule has 1 saturated heterocycles. The monoisotopic (exact) mass is 485 g/mol. The molecule has 33 heavy (non-hydrogen) atoms. The zero-order chi connectivity index (χ0) is 23.8. The van der Waals surface area contributed by atoms with Crippen molar-refractivity contribution in [2.75, 3.05) is 25.6 Å². The van der Waals surface area contributed by atoms with E-state index >= 15 is 0 Å². The molecule has 1 atom stereocenters. The Morgan fingerprint density at radius 2 is 1.33 bits per heavy atom.